The van der Waals surface area contributed by atoms with Crippen molar-refractivity contribution in [2.75, 3.05) is 0 Å². The number of thiophene rings is 1. The number of rotatable bonds is 6. The number of hydrogen-bond acceptors (Lipinski definition) is 4. The van der Waals surface area contributed by atoms with E-state index in [-0.39, 0.29) is 11.6 Å². The normalized spacial score (nSPS) is 14.2. The van der Waals surface area contributed by atoms with Crippen LogP contribution in [-0.4, -0.2) is 9.97 Å². The van der Waals surface area contributed by atoms with Crippen molar-refractivity contribution >= 4 is 21.6 Å². The van der Waals surface area contributed by atoms with Gasteiger partial charge in [0.05, 0.1) is 11.9 Å². The van der Waals surface area contributed by atoms with Gasteiger partial charge < -0.3 is 10.3 Å². The molecule has 4 nitrogen and oxygen atoms in total. The molecule has 0 saturated carbocycles. The van der Waals surface area contributed by atoms with Crippen LogP contribution in [0.25, 0.3) is 10.2 Å². The average Bonchev–Trinajstić information content (AvgIpc) is 3.33. The minimum Gasteiger partial charge on any atom is -0.309 e. The quantitative estimate of drug-likeness (QED) is 0.498. The molecule has 0 fully saturated rings. The van der Waals surface area contributed by atoms with Gasteiger partial charge in [0.2, 0.25) is 0 Å². The molecule has 1 unspecified atom stereocenters. The van der Waals surface area contributed by atoms with E-state index in [9.17, 15) is 4.79 Å². The summed E-state index contributed by atoms with van der Waals surface area (Å²) in [4.78, 5) is 22.7. The van der Waals surface area contributed by atoms with Gasteiger partial charge in [-0.3, -0.25) is 4.79 Å². The predicted octanol–water partition coefficient (Wildman–Crippen LogP) is 4.55. The lowest BCUT2D eigenvalue weighted by Gasteiger charge is -2.19. The zero-order valence-corrected chi connectivity index (χ0v) is 17.0. The first kappa shape index (κ1) is 18.3. The lowest BCUT2D eigenvalue weighted by Crippen LogP contribution is -2.25. The van der Waals surface area contributed by atoms with E-state index >= 15 is 0 Å². The maximum absolute atomic E-state index is 12.7. The number of nitrogens with zero attached hydrogens (tertiary/aromatic N) is 1. The molecule has 5 heteroatoms. The Morgan fingerprint density at radius 3 is 2.59 bits per heavy atom. The third-order valence-electron chi connectivity index (χ3n) is 5.62. The van der Waals surface area contributed by atoms with Crippen LogP contribution >= 0.6 is 11.3 Å². The van der Waals surface area contributed by atoms with Gasteiger partial charge in [-0.25, -0.2) is 4.98 Å². The zero-order valence-electron chi connectivity index (χ0n) is 16.2. The van der Waals surface area contributed by atoms with E-state index in [1.165, 1.54) is 21.6 Å². The highest BCUT2D eigenvalue weighted by Gasteiger charge is 2.21. The molecule has 2 heterocycles. The second-order valence-electron chi connectivity index (χ2n) is 7.58. The van der Waals surface area contributed by atoms with E-state index in [4.69, 9.17) is 4.98 Å². The molecule has 0 amide bonds. The molecule has 0 radical (unpaired) electrons. The molecule has 1 atom stereocenters. The van der Waals surface area contributed by atoms with E-state index in [1.807, 2.05) is 12.1 Å². The van der Waals surface area contributed by atoms with E-state index in [2.05, 4.69) is 58.8 Å². The number of nitrogens with one attached hydrogen (secondary N) is 2. The van der Waals surface area contributed by atoms with E-state index in [0.717, 1.165) is 35.9 Å². The summed E-state index contributed by atoms with van der Waals surface area (Å²) in [5, 5.41) is 4.43. The van der Waals surface area contributed by atoms with Gasteiger partial charge >= 0.3 is 0 Å². The fourth-order valence-corrected chi connectivity index (χ4v) is 5.47. The van der Waals surface area contributed by atoms with Gasteiger partial charge in [-0.2, -0.15) is 0 Å². The summed E-state index contributed by atoms with van der Waals surface area (Å²) in [6.07, 6.45) is 4.12. The summed E-state index contributed by atoms with van der Waals surface area (Å²) in [6, 6.07) is 21.1. The third kappa shape index (κ3) is 3.76. The molecule has 2 aromatic carbocycles. The maximum Gasteiger partial charge on any atom is 0.259 e. The van der Waals surface area contributed by atoms with E-state index in [0.29, 0.717) is 12.4 Å². The second-order valence-corrected chi connectivity index (χ2v) is 8.67. The molecule has 1 aliphatic rings. The van der Waals surface area contributed by atoms with Crippen LogP contribution in [-0.2, 0) is 25.8 Å². The summed E-state index contributed by atoms with van der Waals surface area (Å²) in [5.41, 5.74) is 3.74. The fraction of sp³-hybridized carbons (Fsp3) is 0.250. The van der Waals surface area contributed by atoms with Crippen LogP contribution in [0.15, 0.2) is 65.5 Å². The van der Waals surface area contributed by atoms with Crippen molar-refractivity contribution in [2.24, 2.45) is 0 Å². The number of aromatic nitrogens is 2. The number of hydrogen-bond donors (Lipinski definition) is 2. The molecule has 2 N–H and O–H groups in total. The Labute approximate surface area is 173 Å². The topological polar surface area (TPSA) is 57.8 Å². The van der Waals surface area contributed by atoms with Gasteiger partial charge in [0, 0.05) is 10.9 Å². The van der Waals surface area contributed by atoms with E-state index in [1.54, 1.807) is 11.3 Å². The maximum atomic E-state index is 12.7. The highest BCUT2D eigenvalue weighted by Crippen LogP contribution is 2.34. The van der Waals surface area contributed by atoms with Crippen molar-refractivity contribution in [3.8, 4) is 0 Å². The SMILES string of the molecule is O=c1[nH]c(CNC(Cc2ccccc2)c2ccccc2)nc2sc3c(c12)CCC3. The van der Waals surface area contributed by atoms with Gasteiger partial charge in [-0.15, -0.1) is 11.3 Å². The highest BCUT2D eigenvalue weighted by molar-refractivity contribution is 7.18. The third-order valence-corrected chi connectivity index (χ3v) is 6.81. The average molecular weight is 402 g/mol. The van der Waals surface area contributed by atoms with Crippen molar-refractivity contribution < 1.29 is 0 Å². The molecule has 29 heavy (non-hydrogen) atoms. The Kier molecular flexibility index (Phi) is 5.00. The van der Waals surface area contributed by atoms with Crippen LogP contribution in [0.4, 0.5) is 0 Å². The van der Waals surface area contributed by atoms with Crippen molar-refractivity contribution in [3.63, 3.8) is 0 Å². The fourth-order valence-electron chi connectivity index (χ4n) is 4.19. The predicted molar refractivity (Wildman–Crippen MR) is 118 cm³/mol. The Balaban J connectivity index is 1.40. The monoisotopic (exact) mass is 401 g/mol. The number of H-pyrrole nitrogens is 1. The van der Waals surface area contributed by atoms with Gasteiger partial charge in [-0.1, -0.05) is 60.7 Å². The molecule has 146 valence electrons. The second kappa shape index (κ2) is 7.93. The first-order chi connectivity index (χ1) is 14.3. The molecule has 1 aliphatic carbocycles. The number of aryl methyl sites for hydroxylation is 2. The Hall–Kier alpha value is -2.76. The molecule has 2 aromatic heterocycles. The minimum atomic E-state index is 0.00511. The Morgan fingerprint density at radius 1 is 1.03 bits per heavy atom. The highest BCUT2D eigenvalue weighted by atomic mass is 32.1. The van der Waals surface area contributed by atoms with Crippen LogP contribution in [0, 0.1) is 0 Å². The summed E-state index contributed by atoms with van der Waals surface area (Å²) in [7, 11) is 0. The molecule has 0 saturated heterocycles. The van der Waals surface area contributed by atoms with Crippen LogP contribution < -0.4 is 10.9 Å². The number of fused-ring (bicyclic) bond motifs is 3. The summed E-state index contributed by atoms with van der Waals surface area (Å²) >= 11 is 1.69. The lowest BCUT2D eigenvalue weighted by atomic mass is 9.99. The summed E-state index contributed by atoms with van der Waals surface area (Å²) < 4.78 is 0. The van der Waals surface area contributed by atoms with Crippen LogP contribution in [0.3, 0.4) is 0 Å². The van der Waals surface area contributed by atoms with Gasteiger partial charge in [0.25, 0.3) is 5.56 Å². The minimum absolute atomic E-state index is 0.00511. The van der Waals surface area contributed by atoms with Gasteiger partial charge in [0.15, 0.2) is 0 Å². The van der Waals surface area contributed by atoms with Crippen molar-refractivity contribution in [2.45, 2.75) is 38.3 Å². The molecule has 5 rings (SSSR count). The number of aromatic amines is 1. The standard InChI is InChI=1S/C24H23N3OS/c28-23-22-18-12-7-13-20(18)29-24(22)27-21(26-23)15-25-19(17-10-5-2-6-11-17)14-16-8-3-1-4-9-16/h1-6,8-11,19,25H,7,12-15H2,(H,26,27,28). The summed E-state index contributed by atoms with van der Waals surface area (Å²) in [6.45, 7) is 0.528. The number of benzene rings is 2. The molecule has 4 aromatic rings. The largest absolute Gasteiger partial charge is 0.309 e. The van der Waals surface area contributed by atoms with Crippen molar-refractivity contribution in [1.82, 2.24) is 15.3 Å². The first-order valence-electron chi connectivity index (χ1n) is 10.1. The molecular formula is C24H23N3OS. The molecular weight excluding hydrogens is 378 g/mol. The smallest absolute Gasteiger partial charge is 0.259 e. The van der Waals surface area contributed by atoms with E-state index < -0.39 is 0 Å². The Morgan fingerprint density at radius 2 is 1.79 bits per heavy atom. The summed E-state index contributed by atoms with van der Waals surface area (Å²) in [5.74, 6) is 0.705. The molecule has 0 aliphatic heterocycles. The molecule has 0 bridgehead atoms. The lowest BCUT2D eigenvalue weighted by molar-refractivity contribution is 0.519. The molecule has 0 spiro atoms. The van der Waals surface area contributed by atoms with Crippen molar-refractivity contribution in [3.05, 3.63) is 98.4 Å². The van der Waals surface area contributed by atoms with Crippen LogP contribution in [0.2, 0.25) is 0 Å². The van der Waals surface area contributed by atoms with Crippen LogP contribution in [0.5, 0.6) is 0 Å². The van der Waals surface area contributed by atoms with Crippen LogP contribution in [0.1, 0.15) is 39.9 Å². The first-order valence-corrected chi connectivity index (χ1v) is 11.0. The zero-order chi connectivity index (χ0) is 19.6. The van der Waals surface area contributed by atoms with Gasteiger partial charge in [-0.05, 0) is 42.4 Å². The van der Waals surface area contributed by atoms with Gasteiger partial charge in [0.1, 0.15) is 10.7 Å². The van der Waals surface area contributed by atoms with Crippen molar-refractivity contribution in [1.29, 1.82) is 0 Å². The Bertz CT molecular complexity index is 1180.